The molecule has 9 nitrogen and oxygen atoms in total. The van der Waals surface area contributed by atoms with Gasteiger partial charge in [-0.3, -0.25) is 14.5 Å². The molecule has 0 bridgehead atoms. The van der Waals surface area contributed by atoms with Gasteiger partial charge in [-0.2, -0.15) is 5.10 Å². The van der Waals surface area contributed by atoms with E-state index in [2.05, 4.69) is 20.3 Å². The molecule has 1 aliphatic rings. The summed E-state index contributed by atoms with van der Waals surface area (Å²) in [5, 5.41) is 14.6. The zero-order valence-electron chi connectivity index (χ0n) is 15.1. The van der Waals surface area contributed by atoms with E-state index in [1.54, 1.807) is 11.7 Å². The summed E-state index contributed by atoms with van der Waals surface area (Å²) in [5.74, 6) is 1.10. The van der Waals surface area contributed by atoms with Crippen LogP contribution in [0.5, 0.6) is 0 Å². The Hall–Kier alpha value is -2.49. The molecule has 10 heteroatoms. The van der Waals surface area contributed by atoms with Gasteiger partial charge < -0.3 is 15.2 Å². The van der Waals surface area contributed by atoms with Gasteiger partial charge in [0.2, 0.25) is 5.91 Å². The molecule has 146 valence electrons. The van der Waals surface area contributed by atoms with Crippen molar-refractivity contribution >= 4 is 24.0 Å². The van der Waals surface area contributed by atoms with E-state index in [9.17, 15) is 4.79 Å². The summed E-state index contributed by atoms with van der Waals surface area (Å²) in [6.07, 6.45) is 0.133. The molecule has 1 aromatic heterocycles. The van der Waals surface area contributed by atoms with E-state index in [1.165, 1.54) is 0 Å². The van der Waals surface area contributed by atoms with Crippen molar-refractivity contribution in [1.82, 2.24) is 25.0 Å². The van der Waals surface area contributed by atoms with Crippen molar-refractivity contribution < 1.29 is 19.4 Å². The van der Waals surface area contributed by atoms with Crippen molar-refractivity contribution in [3.05, 3.63) is 40.9 Å². The van der Waals surface area contributed by atoms with Gasteiger partial charge in [-0.05, 0) is 25.2 Å². The molecule has 27 heavy (non-hydrogen) atoms. The Morgan fingerprint density at radius 1 is 1.52 bits per heavy atom. The third-order valence-corrected chi connectivity index (χ3v) is 4.26. The van der Waals surface area contributed by atoms with Crippen LogP contribution in [-0.4, -0.2) is 71.0 Å². The number of likely N-dealkylation sites (N-methyl/N-ethyl adjacent to an activating group) is 2. The predicted molar refractivity (Wildman–Crippen MR) is 99.0 cm³/mol. The minimum Gasteiger partial charge on any atom is -0.483 e. The van der Waals surface area contributed by atoms with Gasteiger partial charge in [0, 0.05) is 18.6 Å². The standard InChI is InChI=1S/C16H20ClN5O2.CH2O2/c1-18-15(23)9-14-19-16(13-10-24-7-6-21(13)2)22(20-14)12-5-3-4-11(17)8-12;2-1-3/h3-5,8,13H,6-7,9-10H2,1-2H3,(H,18,23);1H,(H,2,3)/t13-;/m1./s1. The lowest BCUT2D eigenvalue weighted by Crippen LogP contribution is -2.38. The molecule has 2 aromatic rings. The predicted octanol–water partition coefficient (Wildman–Crippen LogP) is 0.913. The van der Waals surface area contributed by atoms with Gasteiger partial charge >= 0.3 is 0 Å². The van der Waals surface area contributed by atoms with E-state index in [0.29, 0.717) is 24.1 Å². The Morgan fingerprint density at radius 2 is 2.26 bits per heavy atom. The summed E-state index contributed by atoms with van der Waals surface area (Å²) in [6.45, 7) is 1.80. The number of nitrogens with one attached hydrogen (secondary N) is 1. The molecule has 0 aliphatic carbocycles. The molecule has 0 radical (unpaired) electrons. The maximum Gasteiger partial charge on any atom is 0.290 e. The highest BCUT2D eigenvalue weighted by molar-refractivity contribution is 6.30. The van der Waals surface area contributed by atoms with Crippen LogP contribution in [0.15, 0.2) is 24.3 Å². The maximum absolute atomic E-state index is 11.7. The topological polar surface area (TPSA) is 110 Å². The molecule has 0 saturated carbocycles. The van der Waals surface area contributed by atoms with Crippen LogP contribution >= 0.6 is 11.6 Å². The largest absolute Gasteiger partial charge is 0.483 e. The summed E-state index contributed by atoms with van der Waals surface area (Å²) in [5.41, 5.74) is 0.812. The quantitative estimate of drug-likeness (QED) is 0.740. The van der Waals surface area contributed by atoms with Crippen molar-refractivity contribution in [3.8, 4) is 5.69 Å². The molecule has 2 N–H and O–H groups in total. The van der Waals surface area contributed by atoms with Crippen LogP contribution in [0, 0.1) is 0 Å². The Kier molecular flexibility index (Phi) is 7.71. The van der Waals surface area contributed by atoms with Gasteiger partial charge in [-0.15, -0.1) is 0 Å². The number of carbonyl (C=O) groups excluding carboxylic acids is 1. The molecule has 1 amide bonds. The third-order valence-electron chi connectivity index (χ3n) is 4.02. The van der Waals surface area contributed by atoms with E-state index < -0.39 is 0 Å². The van der Waals surface area contributed by atoms with Crippen molar-refractivity contribution in [2.75, 3.05) is 33.9 Å². The second kappa shape index (κ2) is 10.0. The molecule has 1 aliphatic heterocycles. The summed E-state index contributed by atoms with van der Waals surface area (Å²) < 4.78 is 7.35. The Balaban J connectivity index is 0.000000817. The molecule has 3 rings (SSSR count). The molecule has 2 heterocycles. The molecular formula is C17H22ClN5O4. The first kappa shape index (κ1) is 20.8. The molecular weight excluding hydrogens is 374 g/mol. The van der Waals surface area contributed by atoms with E-state index in [1.807, 2.05) is 31.3 Å². The molecule has 1 fully saturated rings. The Morgan fingerprint density at radius 3 is 2.89 bits per heavy atom. The number of morpholine rings is 1. The maximum atomic E-state index is 11.7. The summed E-state index contributed by atoms with van der Waals surface area (Å²) in [4.78, 5) is 26.8. The smallest absolute Gasteiger partial charge is 0.290 e. The minimum absolute atomic E-state index is 0.0244. The van der Waals surface area contributed by atoms with Gasteiger partial charge in [0.1, 0.15) is 0 Å². The van der Waals surface area contributed by atoms with Crippen molar-refractivity contribution in [2.45, 2.75) is 12.5 Å². The monoisotopic (exact) mass is 395 g/mol. The van der Waals surface area contributed by atoms with Crippen LogP contribution in [0.3, 0.4) is 0 Å². The fourth-order valence-electron chi connectivity index (χ4n) is 2.65. The zero-order chi connectivity index (χ0) is 19.8. The second-order valence-electron chi connectivity index (χ2n) is 5.80. The average Bonchev–Trinajstić information content (AvgIpc) is 3.06. The van der Waals surface area contributed by atoms with E-state index in [-0.39, 0.29) is 24.8 Å². The lowest BCUT2D eigenvalue weighted by molar-refractivity contribution is -0.123. The highest BCUT2D eigenvalue weighted by atomic mass is 35.5. The second-order valence-corrected chi connectivity index (χ2v) is 6.24. The van der Waals surface area contributed by atoms with Crippen LogP contribution in [0.4, 0.5) is 0 Å². The normalized spacial score (nSPS) is 16.9. The summed E-state index contributed by atoms with van der Waals surface area (Å²) in [7, 11) is 3.63. The van der Waals surface area contributed by atoms with Gasteiger partial charge in [0.25, 0.3) is 6.47 Å². The number of hydrogen-bond donors (Lipinski definition) is 2. The van der Waals surface area contributed by atoms with Crippen LogP contribution in [0.1, 0.15) is 17.7 Å². The first-order chi connectivity index (χ1) is 13.0. The van der Waals surface area contributed by atoms with Crippen LogP contribution in [0.2, 0.25) is 5.02 Å². The number of rotatable bonds is 4. The fraction of sp³-hybridized carbons (Fsp3) is 0.412. The lowest BCUT2D eigenvalue weighted by Gasteiger charge is -2.31. The number of carbonyl (C=O) groups is 2. The highest BCUT2D eigenvalue weighted by Gasteiger charge is 2.28. The van der Waals surface area contributed by atoms with Crippen molar-refractivity contribution in [1.29, 1.82) is 0 Å². The van der Waals surface area contributed by atoms with Crippen molar-refractivity contribution in [3.63, 3.8) is 0 Å². The van der Waals surface area contributed by atoms with Gasteiger partial charge in [-0.25, -0.2) is 9.67 Å². The third kappa shape index (κ3) is 5.49. The first-order valence-electron chi connectivity index (χ1n) is 8.28. The highest BCUT2D eigenvalue weighted by Crippen LogP contribution is 2.25. The van der Waals surface area contributed by atoms with E-state index >= 15 is 0 Å². The number of carboxylic acid groups (broad SMARTS) is 1. The Bertz CT molecular complexity index is 782. The average molecular weight is 396 g/mol. The number of halogens is 1. The van der Waals surface area contributed by atoms with Gasteiger partial charge in [-0.1, -0.05) is 17.7 Å². The SMILES string of the molecule is CNC(=O)Cc1nc([C@H]2COCCN2C)n(-c2cccc(Cl)c2)n1.O=CO. The summed E-state index contributed by atoms with van der Waals surface area (Å²) >= 11 is 6.11. The number of amides is 1. The van der Waals surface area contributed by atoms with E-state index in [0.717, 1.165) is 18.1 Å². The van der Waals surface area contributed by atoms with Crippen molar-refractivity contribution in [2.24, 2.45) is 0 Å². The number of ether oxygens (including phenoxy) is 1. The number of benzene rings is 1. The fourth-order valence-corrected chi connectivity index (χ4v) is 2.83. The van der Waals surface area contributed by atoms with Crippen LogP contribution in [-0.2, 0) is 20.7 Å². The van der Waals surface area contributed by atoms with Gasteiger partial charge in [0.05, 0.1) is 31.4 Å². The van der Waals surface area contributed by atoms with Crippen LogP contribution in [0.25, 0.3) is 5.69 Å². The van der Waals surface area contributed by atoms with Gasteiger partial charge in [0.15, 0.2) is 11.6 Å². The number of aromatic nitrogens is 3. The summed E-state index contributed by atoms with van der Waals surface area (Å²) in [6, 6.07) is 7.39. The zero-order valence-corrected chi connectivity index (χ0v) is 15.9. The molecule has 1 aromatic carbocycles. The van der Waals surface area contributed by atoms with E-state index in [4.69, 9.17) is 26.2 Å². The molecule has 1 saturated heterocycles. The minimum atomic E-state index is -0.250. The molecule has 1 atom stereocenters. The molecule has 0 spiro atoms. The molecule has 0 unspecified atom stereocenters. The number of nitrogens with zero attached hydrogens (tertiary/aromatic N) is 4. The lowest BCUT2D eigenvalue weighted by atomic mass is 10.2. The Labute approximate surface area is 161 Å². The first-order valence-corrected chi connectivity index (χ1v) is 8.66. The number of hydrogen-bond acceptors (Lipinski definition) is 6. The van der Waals surface area contributed by atoms with Crippen LogP contribution < -0.4 is 5.32 Å².